The van der Waals surface area contributed by atoms with E-state index in [0.29, 0.717) is 12.5 Å². The number of guanidine groups is 1. The van der Waals surface area contributed by atoms with Crippen molar-refractivity contribution in [2.75, 3.05) is 32.7 Å². The van der Waals surface area contributed by atoms with Crippen molar-refractivity contribution >= 4 is 12.1 Å². The van der Waals surface area contributed by atoms with Gasteiger partial charge >= 0.3 is 6.09 Å². The largest absolute Gasteiger partial charge is 0.444 e. The molecule has 2 heterocycles. The number of piperidine rings is 1. The lowest BCUT2D eigenvalue weighted by Gasteiger charge is -2.40. The minimum absolute atomic E-state index is 0.159. The number of likely N-dealkylation sites (tertiary alicyclic amines) is 1. The fraction of sp³-hybridized carbons (Fsp3) is 0.708. The van der Waals surface area contributed by atoms with Crippen LogP contribution in [0.2, 0.25) is 0 Å². The van der Waals surface area contributed by atoms with Crippen molar-refractivity contribution in [3.63, 3.8) is 0 Å². The van der Waals surface area contributed by atoms with Gasteiger partial charge in [0, 0.05) is 57.1 Å². The second kappa shape index (κ2) is 10.8. The van der Waals surface area contributed by atoms with Gasteiger partial charge in [0.1, 0.15) is 5.60 Å². The quantitative estimate of drug-likeness (QED) is 0.529. The Labute approximate surface area is 187 Å². The minimum atomic E-state index is -0.460. The first-order valence-corrected chi connectivity index (χ1v) is 11.8. The van der Waals surface area contributed by atoms with Gasteiger partial charge in [0.2, 0.25) is 0 Å². The first-order valence-electron chi connectivity index (χ1n) is 11.8. The molecule has 7 heteroatoms. The summed E-state index contributed by atoms with van der Waals surface area (Å²) in [5.41, 5.74) is 0.604. The van der Waals surface area contributed by atoms with E-state index in [4.69, 9.17) is 9.73 Å². The number of hydrogen-bond acceptors (Lipinski definition) is 4. The Morgan fingerprint density at radius 1 is 1.26 bits per heavy atom. The summed E-state index contributed by atoms with van der Waals surface area (Å²) in [6.07, 6.45) is 6.84. The summed E-state index contributed by atoms with van der Waals surface area (Å²) >= 11 is 0. The second-order valence-electron chi connectivity index (χ2n) is 9.60. The maximum absolute atomic E-state index is 12.9. The molecule has 1 aromatic rings. The van der Waals surface area contributed by atoms with Crippen molar-refractivity contribution in [1.82, 2.24) is 20.1 Å². The topological polar surface area (TPSA) is 70.1 Å². The van der Waals surface area contributed by atoms with Gasteiger partial charge in [-0.05, 0) is 71.4 Å². The molecule has 0 spiro atoms. The molecule has 0 bridgehead atoms. The lowest BCUT2D eigenvalue weighted by atomic mass is 10.0. The summed E-state index contributed by atoms with van der Waals surface area (Å²) in [5, 5.41) is 3.43. The van der Waals surface area contributed by atoms with Crippen LogP contribution in [0.15, 0.2) is 29.4 Å². The molecule has 1 aliphatic heterocycles. The van der Waals surface area contributed by atoms with Gasteiger partial charge in [-0.3, -0.25) is 9.98 Å². The number of nitrogens with one attached hydrogen (secondary N) is 1. The van der Waals surface area contributed by atoms with Crippen LogP contribution in [0, 0.1) is 5.92 Å². The van der Waals surface area contributed by atoms with E-state index in [1.165, 1.54) is 12.8 Å². The number of amides is 1. The molecule has 0 aromatic carbocycles. The van der Waals surface area contributed by atoms with Crippen LogP contribution in [0.5, 0.6) is 0 Å². The first kappa shape index (κ1) is 23.4. The maximum atomic E-state index is 12.9. The van der Waals surface area contributed by atoms with Gasteiger partial charge < -0.3 is 19.9 Å². The normalized spacial score (nSPS) is 18.1. The summed E-state index contributed by atoms with van der Waals surface area (Å²) in [5.74, 6) is 1.61. The van der Waals surface area contributed by atoms with Crippen LogP contribution < -0.4 is 5.32 Å². The fourth-order valence-corrected chi connectivity index (χ4v) is 3.91. The van der Waals surface area contributed by atoms with Gasteiger partial charge in [-0.1, -0.05) is 6.07 Å². The molecule has 7 nitrogen and oxygen atoms in total. The van der Waals surface area contributed by atoms with Crippen LogP contribution in [0.25, 0.3) is 0 Å². The lowest BCUT2D eigenvalue weighted by Crippen LogP contribution is -2.52. The molecule has 0 radical (unpaired) electrons. The van der Waals surface area contributed by atoms with Gasteiger partial charge in [-0.15, -0.1) is 0 Å². The number of pyridine rings is 1. The zero-order valence-electron chi connectivity index (χ0n) is 19.6. The van der Waals surface area contributed by atoms with Gasteiger partial charge in [0.25, 0.3) is 0 Å². The Morgan fingerprint density at radius 2 is 2.00 bits per heavy atom. The van der Waals surface area contributed by atoms with Crippen molar-refractivity contribution in [2.45, 2.75) is 71.4 Å². The number of carbonyl (C=O) groups excluding carboxylic acids is 1. The zero-order chi connectivity index (χ0) is 22.3. The van der Waals surface area contributed by atoms with Gasteiger partial charge in [0.05, 0.1) is 0 Å². The molecule has 1 aromatic heterocycles. The van der Waals surface area contributed by atoms with Crippen molar-refractivity contribution in [2.24, 2.45) is 10.9 Å². The third-order valence-corrected chi connectivity index (χ3v) is 5.68. The SMILES string of the molecule is CCNC(=NCCc1ccccn1)N1CCC(N(CC2CC2)C(=O)OC(C)(C)C)CC1. The number of aromatic nitrogens is 1. The molecule has 31 heavy (non-hydrogen) atoms. The number of nitrogens with zero attached hydrogens (tertiary/aromatic N) is 4. The molecule has 0 atom stereocenters. The van der Waals surface area contributed by atoms with E-state index >= 15 is 0 Å². The number of ether oxygens (including phenoxy) is 1. The van der Waals surface area contributed by atoms with Gasteiger partial charge in [0.15, 0.2) is 5.96 Å². The summed E-state index contributed by atoms with van der Waals surface area (Å²) in [7, 11) is 0. The second-order valence-corrected chi connectivity index (χ2v) is 9.60. The van der Waals surface area contributed by atoms with E-state index in [1.54, 1.807) is 0 Å². The van der Waals surface area contributed by atoms with Crippen LogP contribution in [-0.4, -0.2) is 71.2 Å². The molecule has 2 fully saturated rings. The highest BCUT2D eigenvalue weighted by Gasteiger charge is 2.35. The van der Waals surface area contributed by atoms with Crippen LogP contribution in [-0.2, 0) is 11.2 Å². The zero-order valence-corrected chi connectivity index (χ0v) is 19.6. The Hall–Kier alpha value is -2.31. The molecule has 1 saturated heterocycles. The Balaban J connectivity index is 1.56. The van der Waals surface area contributed by atoms with Crippen molar-refractivity contribution in [3.05, 3.63) is 30.1 Å². The molecular weight excluding hydrogens is 390 g/mol. The Morgan fingerprint density at radius 3 is 2.58 bits per heavy atom. The number of hydrogen-bond donors (Lipinski definition) is 1. The third-order valence-electron chi connectivity index (χ3n) is 5.68. The van der Waals surface area contributed by atoms with Crippen LogP contribution in [0.1, 0.15) is 59.1 Å². The van der Waals surface area contributed by atoms with Crippen molar-refractivity contribution < 1.29 is 9.53 Å². The van der Waals surface area contributed by atoms with Crippen molar-refractivity contribution in [1.29, 1.82) is 0 Å². The Bertz CT molecular complexity index is 719. The van der Waals surface area contributed by atoms with E-state index in [9.17, 15) is 4.79 Å². The predicted octanol–water partition coefficient (Wildman–Crippen LogP) is 3.70. The average molecular weight is 430 g/mol. The predicted molar refractivity (Wildman–Crippen MR) is 124 cm³/mol. The molecule has 3 rings (SSSR count). The maximum Gasteiger partial charge on any atom is 0.410 e. The van der Waals surface area contributed by atoms with E-state index < -0.39 is 5.60 Å². The number of aliphatic imine (C=N–C) groups is 1. The summed E-state index contributed by atoms with van der Waals surface area (Å²) in [4.78, 5) is 26.4. The third kappa shape index (κ3) is 7.71. The van der Waals surface area contributed by atoms with Crippen LogP contribution in [0.4, 0.5) is 4.79 Å². The highest BCUT2D eigenvalue weighted by molar-refractivity contribution is 5.80. The summed E-state index contributed by atoms with van der Waals surface area (Å²) in [6.45, 7) is 12.1. The molecular formula is C24H39N5O2. The van der Waals surface area contributed by atoms with E-state index in [1.807, 2.05) is 50.1 Å². The fourth-order valence-electron chi connectivity index (χ4n) is 3.91. The molecule has 2 aliphatic rings. The van der Waals surface area contributed by atoms with Crippen LogP contribution in [0.3, 0.4) is 0 Å². The summed E-state index contributed by atoms with van der Waals surface area (Å²) < 4.78 is 5.72. The van der Waals surface area contributed by atoms with Gasteiger partial charge in [-0.2, -0.15) is 0 Å². The molecule has 172 valence electrons. The lowest BCUT2D eigenvalue weighted by molar-refractivity contribution is 0.00928. The molecule has 1 aliphatic carbocycles. The molecule has 1 N–H and O–H groups in total. The smallest absolute Gasteiger partial charge is 0.410 e. The molecule has 0 unspecified atom stereocenters. The van der Waals surface area contributed by atoms with E-state index in [-0.39, 0.29) is 12.1 Å². The van der Waals surface area contributed by atoms with Gasteiger partial charge in [-0.25, -0.2) is 4.79 Å². The van der Waals surface area contributed by atoms with E-state index in [0.717, 1.165) is 57.1 Å². The minimum Gasteiger partial charge on any atom is -0.444 e. The standard InChI is InChI=1S/C24H39N5O2/c1-5-25-22(27-15-11-20-8-6-7-14-26-20)28-16-12-21(13-17-28)29(18-19-9-10-19)23(30)31-24(2,3)4/h6-8,14,19,21H,5,9-13,15-18H2,1-4H3,(H,25,27). The average Bonchev–Trinajstić information content (AvgIpc) is 3.55. The van der Waals surface area contributed by atoms with Crippen LogP contribution >= 0.6 is 0 Å². The highest BCUT2D eigenvalue weighted by Crippen LogP contribution is 2.32. The summed E-state index contributed by atoms with van der Waals surface area (Å²) in [6, 6.07) is 6.23. The number of carbonyl (C=O) groups is 1. The monoisotopic (exact) mass is 429 g/mol. The Kier molecular flexibility index (Phi) is 8.15. The molecule has 1 amide bonds. The molecule has 1 saturated carbocycles. The van der Waals surface area contributed by atoms with E-state index in [2.05, 4.69) is 22.1 Å². The number of rotatable bonds is 7. The first-order chi connectivity index (χ1) is 14.9. The highest BCUT2D eigenvalue weighted by atomic mass is 16.6. The van der Waals surface area contributed by atoms with Crippen molar-refractivity contribution in [3.8, 4) is 0 Å².